The number of hydrogen-bond acceptors (Lipinski definition) is 3. The maximum absolute atomic E-state index is 11.0. The summed E-state index contributed by atoms with van der Waals surface area (Å²) in [4.78, 5) is 11.0. The summed E-state index contributed by atoms with van der Waals surface area (Å²) in [5.74, 6) is -0.166. The molecule has 0 aliphatic heterocycles. The molecule has 0 saturated carbocycles. The molecule has 0 aromatic rings. The van der Waals surface area contributed by atoms with Crippen LogP contribution in [0.5, 0.6) is 0 Å². The first-order chi connectivity index (χ1) is 4.89. The monoisotopic (exact) mass is 159 g/mol. The number of carbonyl (C=O) groups excluding carboxylic acids is 1. The predicted octanol–water partition coefficient (Wildman–Crippen LogP) is -0.813. The number of hydrogen-bond donors (Lipinski definition) is 3. The predicted molar refractivity (Wildman–Crippen MR) is 44.9 cm³/mol. The Balaban J connectivity index is 3.94. The highest BCUT2D eigenvalue weighted by atomic mass is 16.2. The lowest BCUT2D eigenvalue weighted by Crippen LogP contribution is -2.53. The minimum absolute atomic E-state index is 0.166. The lowest BCUT2D eigenvalue weighted by molar-refractivity contribution is -0.123. The van der Waals surface area contributed by atoms with Gasteiger partial charge in [-0.3, -0.25) is 4.79 Å². The largest absolute Gasteiger partial charge is 0.349 e. The van der Waals surface area contributed by atoms with E-state index in [1.54, 1.807) is 6.92 Å². The molecule has 0 bridgehead atoms. The van der Waals surface area contributed by atoms with Crippen molar-refractivity contribution >= 4 is 5.91 Å². The van der Waals surface area contributed by atoms with Crippen molar-refractivity contribution in [2.45, 2.75) is 32.4 Å². The molecule has 0 saturated heterocycles. The van der Waals surface area contributed by atoms with E-state index in [1.807, 2.05) is 13.8 Å². The lowest BCUT2D eigenvalue weighted by atomic mass is 10.1. The average molecular weight is 159 g/mol. The van der Waals surface area contributed by atoms with Crippen LogP contribution in [0, 0.1) is 0 Å². The minimum Gasteiger partial charge on any atom is -0.349 e. The quantitative estimate of drug-likeness (QED) is 0.503. The van der Waals surface area contributed by atoms with E-state index in [4.69, 9.17) is 11.5 Å². The molecule has 0 unspecified atom stereocenters. The van der Waals surface area contributed by atoms with Gasteiger partial charge in [-0.1, -0.05) is 0 Å². The van der Waals surface area contributed by atoms with E-state index in [1.165, 1.54) is 0 Å². The molecule has 0 rings (SSSR count). The SMILES string of the molecule is C[C@@H](N)C(=O)NC(C)(C)CN. The highest BCUT2D eigenvalue weighted by molar-refractivity contribution is 5.81. The standard InChI is InChI=1S/C7H17N3O/c1-5(9)6(11)10-7(2,3)4-8/h5H,4,8-9H2,1-3H3,(H,10,11)/t5-/m1/s1. The van der Waals surface area contributed by atoms with Crippen molar-refractivity contribution in [1.82, 2.24) is 5.32 Å². The van der Waals surface area contributed by atoms with E-state index < -0.39 is 6.04 Å². The number of nitrogens with two attached hydrogens (primary N) is 2. The van der Waals surface area contributed by atoms with E-state index in [-0.39, 0.29) is 11.4 Å². The van der Waals surface area contributed by atoms with Gasteiger partial charge in [0.15, 0.2) is 0 Å². The Morgan fingerprint density at radius 1 is 1.64 bits per heavy atom. The summed E-state index contributed by atoms with van der Waals surface area (Å²) in [7, 11) is 0. The van der Waals surface area contributed by atoms with Crippen molar-refractivity contribution < 1.29 is 4.79 Å². The zero-order valence-corrected chi connectivity index (χ0v) is 7.35. The average Bonchev–Trinajstić information content (AvgIpc) is 1.87. The maximum Gasteiger partial charge on any atom is 0.237 e. The molecule has 11 heavy (non-hydrogen) atoms. The smallest absolute Gasteiger partial charge is 0.237 e. The highest BCUT2D eigenvalue weighted by Gasteiger charge is 2.19. The molecule has 4 heteroatoms. The Labute approximate surface area is 67.3 Å². The van der Waals surface area contributed by atoms with Crippen LogP contribution in [-0.2, 0) is 4.79 Å². The van der Waals surface area contributed by atoms with Gasteiger partial charge in [0.1, 0.15) is 0 Å². The molecule has 0 aliphatic carbocycles. The molecule has 66 valence electrons. The second kappa shape index (κ2) is 3.69. The van der Waals surface area contributed by atoms with Crippen molar-refractivity contribution in [2.75, 3.05) is 6.54 Å². The third-order valence-electron chi connectivity index (χ3n) is 1.39. The number of rotatable bonds is 3. The molecule has 1 atom stereocenters. The van der Waals surface area contributed by atoms with Gasteiger partial charge in [0.05, 0.1) is 6.04 Å². The van der Waals surface area contributed by atoms with Gasteiger partial charge in [-0.15, -0.1) is 0 Å². The second-order valence-corrected chi connectivity index (χ2v) is 3.37. The molecule has 0 fully saturated rings. The van der Waals surface area contributed by atoms with E-state index in [0.717, 1.165) is 0 Å². The van der Waals surface area contributed by atoms with Gasteiger partial charge in [0, 0.05) is 12.1 Å². The van der Waals surface area contributed by atoms with Crippen LogP contribution in [0.3, 0.4) is 0 Å². The Kier molecular flexibility index (Phi) is 3.48. The molecule has 5 N–H and O–H groups in total. The molecule has 1 amide bonds. The van der Waals surface area contributed by atoms with Crippen molar-refractivity contribution in [1.29, 1.82) is 0 Å². The summed E-state index contributed by atoms with van der Waals surface area (Å²) < 4.78 is 0. The van der Waals surface area contributed by atoms with Gasteiger partial charge >= 0.3 is 0 Å². The summed E-state index contributed by atoms with van der Waals surface area (Å²) in [5.41, 5.74) is 10.4. The fraction of sp³-hybridized carbons (Fsp3) is 0.857. The van der Waals surface area contributed by atoms with Gasteiger partial charge in [-0.05, 0) is 20.8 Å². The molecule has 0 spiro atoms. The van der Waals surface area contributed by atoms with Crippen LogP contribution in [0.25, 0.3) is 0 Å². The van der Waals surface area contributed by atoms with E-state index in [9.17, 15) is 4.79 Å². The summed E-state index contributed by atoms with van der Waals surface area (Å²) in [6, 6.07) is -0.471. The van der Waals surface area contributed by atoms with Gasteiger partial charge in [0.2, 0.25) is 5.91 Å². The summed E-state index contributed by atoms with van der Waals surface area (Å²) in [6.45, 7) is 5.76. The van der Waals surface area contributed by atoms with E-state index in [2.05, 4.69) is 5.32 Å². The minimum atomic E-state index is -0.471. The number of nitrogens with one attached hydrogen (secondary N) is 1. The number of carbonyl (C=O) groups is 1. The first-order valence-electron chi connectivity index (χ1n) is 3.67. The normalized spacial score (nSPS) is 14.3. The van der Waals surface area contributed by atoms with Gasteiger partial charge < -0.3 is 16.8 Å². The Morgan fingerprint density at radius 3 is 2.36 bits per heavy atom. The van der Waals surface area contributed by atoms with Gasteiger partial charge in [-0.25, -0.2) is 0 Å². The van der Waals surface area contributed by atoms with Crippen LogP contribution in [0.4, 0.5) is 0 Å². The summed E-state index contributed by atoms with van der Waals surface area (Å²) in [5, 5.41) is 2.72. The van der Waals surface area contributed by atoms with Crippen LogP contribution in [-0.4, -0.2) is 24.0 Å². The van der Waals surface area contributed by atoms with Crippen LogP contribution in [0.15, 0.2) is 0 Å². The Morgan fingerprint density at radius 2 is 2.09 bits per heavy atom. The third kappa shape index (κ3) is 3.95. The first-order valence-corrected chi connectivity index (χ1v) is 3.67. The van der Waals surface area contributed by atoms with Gasteiger partial charge in [-0.2, -0.15) is 0 Å². The van der Waals surface area contributed by atoms with Gasteiger partial charge in [0.25, 0.3) is 0 Å². The fourth-order valence-electron chi connectivity index (χ4n) is 0.498. The third-order valence-corrected chi connectivity index (χ3v) is 1.39. The lowest BCUT2D eigenvalue weighted by Gasteiger charge is -2.25. The first kappa shape index (κ1) is 10.4. The van der Waals surface area contributed by atoms with Crippen molar-refractivity contribution in [3.05, 3.63) is 0 Å². The van der Waals surface area contributed by atoms with Crippen LogP contribution in [0.2, 0.25) is 0 Å². The maximum atomic E-state index is 11.0. The fourth-order valence-corrected chi connectivity index (χ4v) is 0.498. The molecule has 0 radical (unpaired) electrons. The highest BCUT2D eigenvalue weighted by Crippen LogP contribution is 1.97. The topological polar surface area (TPSA) is 81.1 Å². The van der Waals surface area contributed by atoms with Crippen molar-refractivity contribution in [3.63, 3.8) is 0 Å². The van der Waals surface area contributed by atoms with Crippen LogP contribution >= 0.6 is 0 Å². The number of amides is 1. The molecule has 4 nitrogen and oxygen atoms in total. The second-order valence-electron chi connectivity index (χ2n) is 3.37. The molecule has 0 heterocycles. The van der Waals surface area contributed by atoms with Crippen LogP contribution in [0.1, 0.15) is 20.8 Å². The van der Waals surface area contributed by atoms with Crippen molar-refractivity contribution in [3.8, 4) is 0 Å². The zero-order chi connectivity index (χ0) is 9.07. The van der Waals surface area contributed by atoms with Crippen LogP contribution < -0.4 is 16.8 Å². The zero-order valence-electron chi connectivity index (χ0n) is 7.35. The Bertz CT molecular complexity index is 143. The molecule has 0 aliphatic rings. The molecule has 0 aromatic carbocycles. The molecule has 0 aromatic heterocycles. The summed E-state index contributed by atoms with van der Waals surface area (Å²) in [6.07, 6.45) is 0. The van der Waals surface area contributed by atoms with E-state index in [0.29, 0.717) is 6.54 Å². The summed E-state index contributed by atoms with van der Waals surface area (Å²) >= 11 is 0. The molecular weight excluding hydrogens is 142 g/mol. The Hall–Kier alpha value is -0.610. The van der Waals surface area contributed by atoms with E-state index >= 15 is 0 Å². The van der Waals surface area contributed by atoms with Crippen molar-refractivity contribution in [2.24, 2.45) is 11.5 Å². The molecular formula is C7H17N3O.